The Morgan fingerprint density at radius 1 is 1.00 bits per heavy atom. The van der Waals surface area contributed by atoms with Crippen molar-refractivity contribution in [3.05, 3.63) is 64.8 Å². The van der Waals surface area contributed by atoms with Crippen molar-refractivity contribution < 1.29 is 0 Å². The normalized spacial score (nSPS) is 28.2. The van der Waals surface area contributed by atoms with E-state index in [0.29, 0.717) is 11.8 Å². The second kappa shape index (κ2) is 5.91. The third-order valence-corrected chi connectivity index (χ3v) is 5.88. The molecule has 2 unspecified atom stereocenters. The minimum absolute atomic E-state index is 0.617. The first-order chi connectivity index (χ1) is 10.8. The summed E-state index contributed by atoms with van der Waals surface area (Å²) in [5.41, 5.74) is 6.15. The molecule has 0 heteroatoms. The Morgan fingerprint density at radius 3 is 2.59 bits per heavy atom. The highest BCUT2D eigenvalue weighted by Gasteiger charge is 2.35. The molecule has 0 bridgehead atoms. The van der Waals surface area contributed by atoms with Gasteiger partial charge in [0.05, 0.1) is 0 Å². The Labute approximate surface area is 134 Å². The van der Waals surface area contributed by atoms with E-state index in [2.05, 4.69) is 55.5 Å². The molecule has 3 aliphatic carbocycles. The summed E-state index contributed by atoms with van der Waals surface area (Å²) in [4.78, 5) is 0. The summed E-state index contributed by atoms with van der Waals surface area (Å²) >= 11 is 0. The van der Waals surface area contributed by atoms with Crippen molar-refractivity contribution in [2.75, 3.05) is 0 Å². The van der Waals surface area contributed by atoms with Gasteiger partial charge in [-0.2, -0.15) is 0 Å². The van der Waals surface area contributed by atoms with Gasteiger partial charge in [0, 0.05) is 5.92 Å². The van der Waals surface area contributed by atoms with Crippen molar-refractivity contribution in [1.29, 1.82) is 0 Å². The van der Waals surface area contributed by atoms with Gasteiger partial charge in [-0.15, -0.1) is 0 Å². The first-order valence-electron chi connectivity index (χ1n) is 8.97. The van der Waals surface area contributed by atoms with Crippen LogP contribution in [-0.2, 0) is 0 Å². The van der Waals surface area contributed by atoms with Crippen LogP contribution in [0.4, 0.5) is 0 Å². The summed E-state index contributed by atoms with van der Waals surface area (Å²) in [6.45, 7) is 2.24. The van der Waals surface area contributed by atoms with Gasteiger partial charge < -0.3 is 0 Å². The van der Waals surface area contributed by atoms with E-state index in [4.69, 9.17) is 0 Å². The summed E-state index contributed by atoms with van der Waals surface area (Å²) in [6.07, 6.45) is 18.0. The molecule has 4 rings (SSSR count). The smallest absolute Gasteiger partial charge is 0.00580 e. The molecule has 0 aromatic heterocycles. The predicted octanol–water partition coefficient (Wildman–Crippen LogP) is 6.27. The van der Waals surface area contributed by atoms with E-state index in [-0.39, 0.29) is 0 Å². The highest BCUT2D eigenvalue weighted by atomic mass is 14.4. The Bertz CT molecular complexity index is 638. The number of benzene rings is 1. The largest absolute Gasteiger partial charge is 0.0775 e. The molecule has 114 valence electrons. The van der Waals surface area contributed by atoms with Crippen molar-refractivity contribution in [3.63, 3.8) is 0 Å². The quantitative estimate of drug-likeness (QED) is 0.602. The summed E-state index contributed by atoms with van der Waals surface area (Å²) < 4.78 is 0. The zero-order chi connectivity index (χ0) is 14.9. The minimum Gasteiger partial charge on any atom is -0.0775 e. The van der Waals surface area contributed by atoms with Crippen LogP contribution in [0.2, 0.25) is 0 Å². The van der Waals surface area contributed by atoms with Crippen LogP contribution in [0.5, 0.6) is 0 Å². The van der Waals surface area contributed by atoms with Crippen LogP contribution in [0.1, 0.15) is 62.5 Å². The molecular formula is C22H26. The van der Waals surface area contributed by atoms with E-state index in [9.17, 15) is 0 Å². The maximum absolute atomic E-state index is 2.50. The molecular weight excluding hydrogens is 264 g/mol. The van der Waals surface area contributed by atoms with Gasteiger partial charge in [0.1, 0.15) is 0 Å². The first-order valence-corrected chi connectivity index (χ1v) is 8.97. The van der Waals surface area contributed by atoms with Crippen LogP contribution in [-0.4, -0.2) is 0 Å². The van der Waals surface area contributed by atoms with E-state index < -0.39 is 0 Å². The van der Waals surface area contributed by atoms with Gasteiger partial charge in [-0.25, -0.2) is 0 Å². The van der Waals surface area contributed by atoms with E-state index in [1.807, 2.05) is 0 Å². The van der Waals surface area contributed by atoms with E-state index in [1.165, 1.54) is 43.2 Å². The van der Waals surface area contributed by atoms with E-state index in [1.54, 1.807) is 11.1 Å². The first kappa shape index (κ1) is 14.1. The average Bonchev–Trinajstić information content (AvgIpc) is 3.01. The van der Waals surface area contributed by atoms with Crippen LogP contribution >= 0.6 is 0 Å². The van der Waals surface area contributed by atoms with Gasteiger partial charge >= 0.3 is 0 Å². The maximum atomic E-state index is 2.50. The lowest BCUT2D eigenvalue weighted by Crippen LogP contribution is -2.26. The fourth-order valence-corrected chi connectivity index (χ4v) is 4.80. The van der Waals surface area contributed by atoms with Gasteiger partial charge in [-0.05, 0) is 49.1 Å². The molecule has 0 heterocycles. The Hall–Kier alpha value is -1.56. The molecule has 1 saturated carbocycles. The molecule has 0 saturated heterocycles. The Morgan fingerprint density at radius 2 is 1.82 bits per heavy atom. The van der Waals surface area contributed by atoms with Crippen molar-refractivity contribution >= 4 is 6.08 Å². The van der Waals surface area contributed by atoms with Crippen LogP contribution in [0.15, 0.2) is 53.6 Å². The molecule has 0 aliphatic heterocycles. The summed E-state index contributed by atoms with van der Waals surface area (Å²) in [7, 11) is 0. The molecule has 3 aliphatic rings. The van der Waals surface area contributed by atoms with Crippen LogP contribution in [0, 0.1) is 11.8 Å². The third kappa shape index (κ3) is 2.49. The molecule has 2 atom stereocenters. The number of fused-ring (bicyclic) bond motifs is 1. The molecule has 0 radical (unpaired) electrons. The van der Waals surface area contributed by atoms with Gasteiger partial charge in [-0.3, -0.25) is 0 Å². The van der Waals surface area contributed by atoms with Crippen LogP contribution in [0.3, 0.4) is 0 Å². The molecule has 0 N–H and O–H groups in total. The zero-order valence-corrected chi connectivity index (χ0v) is 13.6. The fraction of sp³-hybridized carbons (Fsp3) is 0.455. The summed E-state index contributed by atoms with van der Waals surface area (Å²) in [5.74, 6) is 2.19. The van der Waals surface area contributed by atoms with Crippen molar-refractivity contribution in [1.82, 2.24) is 0 Å². The lowest BCUT2D eigenvalue weighted by molar-refractivity contribution is 0.276. The predicted molar refractivity (Wildman–Crippen MR) is 94.7 cm³/mol. The minimum atomic E-state index is 0.617. The van der Waals surface area contributed by atoms with Gasteiger partial charge in [0.15, 0.2) is 0 Å². The van der Waals surface area contributed by atoms with Crippen LogP contribution in [0.25, 0.3) is 6.08 Å². The second-order valence-corrected chi connectivity index (χ2v) is 7.31. The van der Waals surface area contributed by atoms with Gasteiger partial charge in [0.25, 0.3) is 0 Å². The lowest BCUT2D eigenvalue weighted by atomic mass is 9.66. The SMILES string of the molecule is CC1=CCC(C2C=Cc3ccccc3C2C2CCCCC2)=C1. The molecule has 1 fully saturated rings. The molecule has 1 aromatic carbocycles. The third-order valence-electron chi connectivity index (χ3n) is 5.88. The summed E-state index contributed by atoms with van der Waals surface area (Å²) in [6, 6.07) is 9.10. The highest BCUT2D eigenvalue weighted by Crippen LogP contribution is 2.48. The molecule has 0 amide bonds. The van der Waals surface area contributed by atoms with Crippen molar-refractivity contribution in [2.45, 2.75) is 51.4 Å². The molecule has 1 aromatic rings. The number of rotatable bonds is 2. The van der Waals surface area contributed by atoms with Crippen molar-refractivity contribution in [3.8, 4) is 0 Å². The molecule has 0 nitrogen and oxygen atoms in total. The lowest BCUT2D eigenvalue weighted by Gasteiger charge is -2.38. The Balaban J connectivity index is 1.73. The Kier molecular flexibility index (Phi) is 3.78. The maximum Gasteiger partial charge on any atom is 0.00580 e. The highest BCUT2D eigenvalue weighted by molar-refractivity contribution is 5.60. The van der Waals surface area contributed by atoms with Crippen molar-refractivity contribution in [2.24, 2.45) is 11.8 Å². The fourth-order valence-electron chi connectivity index (χ4n) is 4.80. The average molecular weight is 290 g/mol. The van der Waals surface area contributed by atoms with Crippen LogP contribution < -0.4 is 0 Å². The monoisotopic (exact) mass is 290 g/mol. The number of hydrogen-bond acceptors (Lipinski definition) is 0. The van der Waals surface area contributed by atoms with Gasteiger partial charge in [0.2, 0.25) is 0 Å². The van der Waals surface area contributed by atoms with E-state index >= 15 is 0 Å². The standard InChI is InChI=1S/C22H26/c1-16-11-12-19(15-16)21-14-13-17-7-5-6-10-20(17)22(21)18-8-3-2-4-9-18/h5-7,10-11,13-15,18,21-22H,2-4,8-9,12H2,1H3. The topological polar surface area (TPSA) is 0 Å². The number of allylic oxidation sites excluding steroid dienone is 5. The molecule has 22 heavy (non-hydrogen) atoms. The number of hydrogen-bond donors (Lipinski definition) is 0. The summed E-state index contributed by atoms with van der Waals surface area (Å²) in [5, 5.41) is 0. The van der Waals surface area contributed by atoms with Gasteiger partial charge in [-0.1, -0.05) is 79.0 Å². The zero-order valence-electron chi connectivity index (χ0n) is 13.6. The van der Waals surface area contributed by atoms with E-state index in [0.717, 1.165) is 12.3 Å². The molecule has 0 spiro atoms. The second-order valence-electron chi connectivity index (χ2n) is 7.31.